The summed E-state index contributed by atoms with van der Waals surface area (Å²) in [5.74, 6) is 0.203. The largest absolute Gasteiger partial charge is 0.398 e. The minimum absolute atomic E-state index is 0.203. The number of nitrogen functional groups attached to an aromatic ring is 1. The quantitative estimate of drug-likeness (QED) is 0.445. The summed E-state index contributed by atoms with van der Waals surface area (Å²) in [7, 11) is 0. The van der Waals surface area contributed by atoms with Crippen LogP contribution in [-0.4, -0.2) is 22.1 Å². The summed E-state index contributed by atoms with van der Waals surface area (Å²) in [6, 6.07) is 5.37. The summed E-state index contributed by atoms with van der Waals surface area (Å²) in [4.78, 5) is 0. The van der Waals surface area contributed by atoms with Gasteiger partial charge in [0.05, 0.1) is 6.10 Å². The first-order valence-electron chi connectivity index (χ1n) is 4.40. The highest BCUT2D eigenvalue weighted by Gasteiger charge is 2.19. The highest BCUT2D eigenvalue weighted by atomic mass is 32.1. The number of benzene rings is 1. The van der Waals surface area contributed by atoms with E-state index in [4.69, 9.17) is 5.73 Å². The Balaban J connectivity index is 3.01. The summed E-state index contributed by atoms with van der Waals surface area (Å²) in [6.45, 7) is 1.86. The lowest BCUT2D eigenvalue weighted by molar-refractivity contribution is 0.0342. The Morgan fingerprint density at radius 1 is 1.43 bits per heavy atom. The van der Waals surface area contributed by atoms with E-state index in [2.05, 4.69) is 12.6 Å². The van der Waals surface area contributed by atoms with Crippen LogP contribution in [-0.2, 0) is 0 Å². The fraction of sp³-hybridized carbons (Fsp3) is 0.400. The molecule has 0 heterocycles. The third-order valence-corrected chi connectivity index (χ3v) is 2.60. The Kier molecular flexibility index (Phi) is 3.80. The van der Waals surface area contributed by atoms with Crippen molar-refractivity contribution in [3.63, 3.8) is 0 Å². The standard InChI is InChI=1S/C10H15NO2S/c1-6-3-2-4-7(9(6)11)10(13)8(12)5-14/h2-4,8,10,12-14H,5,11H2,1H3. The van der Waals surface area contributed by atoms with Crippen molar-refractivity contribution in [2.24, 2.45) is 0 Å². The Morgan fingerprint density at radius 2 is 2.07 bits per heavy atom. The molecule has 1 rings (SSSR count). The van der Waals surface area contributed by atoms with E-state index in [0.29, 0.717) is 11.3 Å². The fourth-order valence-electron chi connectivity index (χ4n) is 1.27. The van der Waals surface area contributed by atoms with E-state index >= 15 is 0 Å². The van der Waals surface area contributed by atoms with E-state index in [1.165, 1.54) is 0 Å². The van der Waals surface area contributed by atoms with Gasteiger partial charge in [0.2, 0.25) is 0 Å². The molecule has 14 heavy (non-hydrogen) atoms. The second-order valence-electron chi connectivity index (χ2n) is 3.27. The molecule has 0 aliphatic carbocycles. The van der Waals surface area contributed by atoms with Gasteiger partial charge in [-0.05, 0) is 12.5 Å². The van der Waals surface area contributed by atoms with Gasteiger partial charge in [-0.3, -0.25) is 0 Å². The van der Waals surface area contributed by atoms with Crippen LogP contribution in [0, 0.1) is 6.92 Å². The third kappa shape index (κ3) is 2.20. The third-order valence-electron chi connectivity index (χ3n) is 2.23. The van der Waals surface area contributed by atoms with E-state index in [1.807, 2.05) is 13.0 Å². The van der Waals surface area contributed by atoms with E-state index in [9.17, 15) is 10.2 Å². The highest BCUT2D eigenvalue weighted by Crippen LogP contribution is 2.25. The highest BCUT2D eigenvalue weighted by molar-refractivity contribution is 7.80. The topological polar surface area (TPSA) is 66.5 Å². The number of rotatable bonds is 3. The first-order chi connectivity index (χ1) is 6.57. The molecule has 0 radical (unpaired) electrons. The zero-order valence-corrected chi connectivity index (χ0v) is 8.91. The zero-order valence-electron chi connectivity index (χ0n) is 8.01. The van der Waals surface area contributed by atoms with Crippen molar-refractivity contribution in [2.75, 3.05) is 11.5 Å². The van der Waals surface area contributed by atoms with Crippen molar-refractivity contribution < 1.29 is 10.2 Å². The van der Waals surface area contributed by atoms with Gasteiger partial charge < -0.3 is 15.9 Å². The summed E-state index contributed by atoms with van der Waals surface area (Å²) >= 11 is 3.91. The molecule has 78 valence electrons. The molecule has 1 aromatic carbocycles. The first-order valence-corrected chi connectivity index (χ1v) is 5.03. The van der Waals surface area contributed by atoms with Crippen molar-refractivity contribution in [3.05, 3.63) is 29.3 Å². The van der Waals surface area contributed by atoms with Gasteiger partial charge in [0.25, 0.3) is 0 Å². The van der Waals surface area contributed by atoms with Gasteiger partial charge >= 0.3 is 0 Å². The number of anilines is 1. The molecule has 0 saturated heterocycles. The molecule has 2 unspecified atom stereocenters. The minimum atomic E-state index is -0.965. The molecule has 0 aliphatic rings. The van der Waals surface area contributed by atoms with Crippen LogP contribution in [0.3, 0.4) is 0 Å². The lowest BCUT2D eigenvalue weighted by Crippen LogP contribution is -2.21. The first kappa shape index (κ1) is 11.4. The number of aliphatic hydroxyl groups excluding tert-OH is 2. The van der Waals surface area contributed by atoms with Gasteiger partial charge in [0.15, 0.2) is 0 Å². The fourth-order valence-corrected chi connectivity index (χ4v) is 1.47. The maximum atomic E-state index is 9.72. The summed E-state index contributed by atoms with van der Waals surface area (Å²) in [6.07, 6.45) is -1.85. The van der Waals surface area contributed by atoms with Crippen molar-refractivity contribution in [1.29, 1.82) is 0 Å². The van der Waals surface area contributed by atoms with E-state index in [1.54, 1.807) is 12.1 Å². The van der Waals surface area contributed by atoms with E-state index < -0.39 is 12.2 Å². The molecule has 4 N–H and O–H groups in total. The van der Waals surface area contributed by atoms with Crippen LogP contribution in [0.2, 0.25) is 0 Å². The average molecular weight is 213 g/mol. The number of para-hydroxylation sites is 1. The van der Waals surface area contributed by atoms with Crippen LogP contribution in [0.15, 0.2) is 18.2 Å². The molecule has 0 amide bonds. The summed E-state index contributed by atoms with van der Waals surface area (Å²) in [5, 5.41) is 19.1. The van der Waals surface area contributed by atoms with Gasteiger partial charge in [-0.15, -0.1) is 0 Å². The molecular weight excluding hydrogens is 198 g/mol. The summed E-state index contributed by atoms with van der Waals surface area (Å²) in [5.41, 5.74) is 7.77. The van der Waals surface area contributed by atoms with E-state index in [-0.39, 0.29) is 5.75 Å². The minimum Gasteiger partial charge on any atom is -0.398 e. The number of aliphatic hydroxyl groups is 2. The second kappa shape index (κ2) is 4.68. The van der Waals surface area contributed by atoms with Crippen LogP contribution in [0.5, 0.6) is 0 Å². The Bertz CT molecular complexity index is 317. The monoisotopic (exact) mass is 213 g/mol. The van der Waals surface area contributed by atoms with Crippen molar-refractivity contribution in [1.82, 2.24) is 0 Å². The van der Waals surface area contributed by atoms with Gasteiger partial charge in [-0.2, -0.15) is 12.6 Å². The molecule has 0 saturated carbocycles. The SMILES string of the molecule is Cc1cccc(C(O)C(O)CS)c1N. The number of thiol groups is 1. The molecule has 4 heteroatoms. The lowest BCUT2D eigenvalue weighted by Gasteiger charge is -2.18. The Morgan fingerprint density at radius 3 is 2.64 bits per heavy atom. The number of aryl methyl sites for hydroxylation is 1. The molecular formula is C10H15NO2S. The summed E-state index contributed by atoms with van der Waals surface area (Å²) < 4.78 is 0. The van der Waals surface area contributed by atoms with Gasteiger partial charge in [0.1, 0.15) is 6.10 Å². The number of nitrogens with two attached hydrogens (primary N) is 1. The predicted octanol–water partition coefficient (Wildman–Crippen LogP) is 0.901. The second-order valence-corrected chi connectivity index (χ2v) is 3.64. The zero-order chi connectivity index (χ0) is 10.7. The van der Waals surface area contributed by atoms with Crippen LogP contribution < -0.4 is 5.73 Å². The van der Waals surface area contributed by atoms with E-state index in [0.717, 1.165) is 5.56 Å². The van der Waals surface area contributed by atoms with Crippen LogP contribution >= 0.6 is 12.6 Å². The van der Waals surface area contributed by atoms with Crippen LogP contribution in [0.4, 0.5) is 5.69 Å². The number of hydrogen-bond donors (Lipinski definition) is 4. The lowest BCUT2D eigenvalue weighted by atomic mass is 10.0. The van der Waals surface area contributed by atoms with Crippen LogP contribution in [0.25, 0.3) is 0 Å². The normalized spacial score (nSPS) is 15.1. The van der Waals surface area contributed by atoms with Crippen LogP contribution in [0.1, 0.15) is 17.2 Å². The maximum Gasteiger partial charge on any atom is 0.108 e. The molecule has 0 fully saturated rings. The van der Waals surface area contributed by atoms with Crippen molar-refractivity contribution >= 4 is 18.3 Å². The van der Waals surface area contributed by atoms with Gasteiger partial charge in [-0.1, -0.05) is 18.2 Å². The predicted molar refractivity (Wildman–Crippen MR) is 60.4 cm³/mol. The van der Waals surface area contributed by atoms with Gasteiger partial charge in [-0.25, -0.2) is 0 Å². The molecule has 0 spiro atoms. The van der Waals surface area contributed by atoms with Crippen molar-refractivity contribution in [3.8, 4) is 0 Å². The smallest absolute Gasteiger partial charge is 0.108 e. The van der Waals surface area contributed by atoms with Gasteiger partial charge in [0, 0.05) is 17.0 Å². The van der Waals surface area contributed by atoms with Crippen molar-refractivity contribution in [2.45, 2.75) is 19.1 Å². The average Bonchev–Trinajstić information content (AvgIpc) is 2.20. The molecule has 1 aromatic rings. The maximum absolute atomic E-state index is 9.72. The molecule has 0 aromatic heterocycles. The molecule has 0 bridgehead atoms. The molecule has 3 nitrogen and oxygen atoms in total. The Hall–Kier alpha value is -0.710. The Labute approximate surface area is 89.0 Å². The number of hydrogen-bond acceptors (Lipinski definition) is 4. The molecule has 0 aliphatic heterocycles. The molecule has 2 atom stereocenters.